The average molecular weight is 336 g/mol. The van der Waals surface area contributed by atoms with Gasteiger partial charge < -0.3 is 25.2 Å². The fourth-order valence-electron chi connectivity index (χ4n) is 2.03. The summed E-state index contributed by atoms with van der Waals surface area (Å²) in [6.07, 6.45) is -0.295. The number of rotatable bonds is 8. The van der Waals surface area contributed by atoms with Crippen LogP contribution in [0.3, 0.4) is 0 Å². The van der Waals surface area contributed by atoms with E-state index in [9.17, 15) is 4.79 Å². The number of carbonyl (C=O) groups is 1. The molecule has 1 atom stereocenters. The molecule has 0 saturated carbocycles. The highest BCUT2D eigenvalue weighted by Gasteiger charge is 2.14. The molecule has 0 fully saturated rings. The van der Waals surface area contributed by atoms with Gasteiger partial charge in [-0.15, -0.1) is 0 Å². The topological polar surface area (TPSA) is 79.8 Å². The lowest BCUT2D eigenvalue weighted by Gasteiger charge is -2.18. The van der Waals surface area contributed by atoms with Gasteiger partial charge in [0.2, 0.25) is 0 Å². The van der Waals surface area contributed by atoms with Crippen LogP contribution < -0.4 is 15.4 Å². The highest BCUT2D eigenvalue weighted by Crippen LogP contribution is 2.23. The second-order valence-corrected chi connectivity index (χ2v) is 5.46. The van der Waals surface area contributed by atoms with Gasteiger partial charge in [0.25, 0.3) is 0 Å². The summed E-state index contributed by atoms with van der Waals surface area (Å²) >= 11 is 1.56. The first-order valence-electron chi connectivity index (χ1n) is 7.17. The van der Waals surface area contributed by atoms with Gasteiger partial charge in [-0.1, -0.05) is 12.1 Å². The van der Waals surface area contributed by atoms with E-state index in [0.29, 0.717) is 18.0 Å². The fraction of sp³-hybridized carbons (Fsp3) is 0.312. The molecule has 2 aromatic rings. The summed E-state index contributed by atoms with van der Waals surface area (Å²) in [5.74, 6) is 0.591. The minimum Gasteiger partial charge on any atom is -0.495 e. The van der Waals surface area contributed by atoms with E-state index in [2.05, 4.69) is 10.6 Å². The number of aliphatic hydroxyl groups excluding tert-OH is 1. The first kappa shape index (κ1) is 17.3. The number of nitrogens with one attached hydrogen (secondary N) is 2. The molecule has 1 aromatic heterocycles. The van der Waals surface area contributed by atoms with E-state index in [0.717, 1.165) is 5.56 Å². The molecule has 0 radical (unpaired) electrons. The van der Waals surface area contributed by atoms with Gasteiger partial charge in [0.1, 0.15) is 11.9 Å². The van der Waals surface area contributed by atoms with Crippen molar-refractivity contribution in [1.82, 2.24) is 5.32 Å². The van der Waals surface area contributed by atoms with Crippen LogP contribution in [0.1, 0.15) is 11.7 Å². The minimum absolute atomic E-state index is 0.0615. The molecular weight excluding hydrogens is 316 g/mol. The summed E-state index contributed by atoms with van der Waals surface area (Å²) < 4.78 is 10.8. The molecule has 1 heterocycles. The van der Waals surface area contributed by atoms with E-state index in [1.807, 2.05) is 29.0 Å². The van der Waals surface area contributed by atoms with Gasteiger partial charge in [-0.05, 0) is 34.5 Å². The Morgan fingerprint density at radius 1 is 1.35 bits per heavy atom. The van der Waals surface area contributed by atoms with Crippen molar-refractivity contribution < 1.29 is 19.4 Å². The maximum absolute atomic E-state index is 12.0. The molecule has 0 spiro atoms. The lowest BCUT2D eigenvalue weighted by Crippen LogP contribution is -2.33. The molecule has 2 rings (SSSR count). The number of hydrogen-bond acceptors (Lipinski definition) is 5. The number of hydrogen-bond donors (Lipinski definition) is 3. The molecule has 0 bridgehead atoms. The first-order chi connectivity index (χ1) is 11.2. The van der Waals surface area contributed by atoms with Crippen LogP contribution in [0, 0.1) is 0 Å². The van der Waals surface area contributed by atoms with Crippen LogP contribution in [0.4, 0.5) is 10.5 Å². The number of anilines is 1. The predicted molar refractivity (Wildman–Crippen MR) is 90.1 cm³/mol. The van der Waals surface area contributed by atoms with Crippen molar-refractivity contribution in [2.75, 3.05) is 32.2 Å². The molecule has 124 valence electrons. The van der Waals surface area contributed by atoms with Gasteiger partial charge >= 0.3 is 6.03 Å². The Labute approximate surface area is 139 Å². The van der Waals surface area contributed by atoms with Gasteiger partial charge in [-0.2, -0.15) is 11.3 Å². The van der Waals surface area contributed by atoms with Gasteiger partial charge in [0.15, 0.2) is 0 Å². The van der Waals surface area contributed by atoms with Gasteiger partial charge in [0, 0.05) is 6.54 Å². The first-order valence-corrected chi connectivity index (χ1v) is 8.11. The maximum atomic E-state index is 12.0. The Kier molecular flexibility index (Phi) is 6.86. The molecule has 6 nitrogen and oxygen atoms in total. The second kappa shape index (κ2) is 9.14. The molecule has 0 aliphatic rings. The molecule has 23 heavy (non-hydrogen) atoms. The van der Waals surface area contributed by atoms with E-state index in [-0.39, 0.29) is 25.3 Å². The zero-order valence-electron chi connectivity index (χ0n) is 12.8. The molecule has 2 amide bonds. The predicted octanol–water partition coefficient (Wildman–Crippen LogP) is 2.63. The highest BCUT2D eigenvalue weighted by molar-refractivity contribution is 7.07. The molecule has 0 aliphatic carbocycles. The third-order valence-electron chi connectivity index (χ3n) is 3.13. The second-order valence-electron chi connectivity index (χ2n) is 4.68. The lowest BCUT2D eigenvalue weighted by molar-refractivity contribution is 0.0299. The monoisotopic (exact) mass is 336 g/mol. The quantitative estimate of drug-likeness (QED) is 0.692. The molecule has 0 saturated heterocycles. The zero-order valence-corrected chi connectivity index (χ0v) is 13.6. The molecule has 1 aromatic carbocycles. The number of methoxy groups -OCH3 is 1. The Bertz CT molecular complexity index is 604. The summed E-state index contributed by atoms with van der Waals surface area (Å²) in [6, 6.07) is 8.77. The third kappa shape index (κ3) is 5.24. The molecule has 1 unspecified atom stereocenters. The Morgan fingerprint density at radius 2 is 2.17 bits per heavy atom. The number of benzene rings is 1. The molecular formula is C16H20N2O4S. The van der Waals surface area contributed by atoms with Crippen LogP contribution in [-0.2, 0) is 4.74 Å². The summed E-state index contributed by atoms with van der Waals surface area (Å²) in [5, 5.41) is 18.3. The van der Waals surface area contributed by atoms with Crippen molar-refractivity contribution in [2.45, 2.75) is 6.10 Å². The number of carbonyl (C=O) groups excluding carboxylic acids is 1. The van der Waals surface area contributed by atoms with Gasteiger partial charge in [-0.3, -0.25) is 0 Å². The maximum Gasteiger partial charge on any atom is 0.319 e. The number of urea groups is 1. The number of aliphatic hydroxyl groups is 1. The number of para-hydroxylation sites is 2. The number of ether oxygens (including phenoxy) is 2. The fourth-order valence-corrected chi connectivity index (χ4v) is 2.73. The van der Waals surface area contributed by atoms with Crippen molar-refractivity contribution >= 4 is 23.1 Å². The standard InChI is InChI=1S/C16H20N2O4S/c1-21-14-5-3-2-4-13(14)18-16(20)17-10-15(22-8-7-19)12-6-9-23-11-12/h2-6,9,11,15,19H,7-8,10H2,1H3,(H2,17,18,20). The number of thiophene rings is 1. The van der Waals surface area contributed by atoms with E-state index in [1.165, 1.54) is 0 Å². The largest absolute Gasteiger partial charge is 0.495 e. The van der Waals surface area contributed by atoms with Crippen molar-refractivity contribution in [3.63, 3.8) is 0 Å². The van der Waals surface area contributed by atoms with Gasteiger partial charge in [-0.25, -0.2) is 4.79 Å². The van der Waals surface area contributed by atoms with Crippen LogP contribution in [0.5, 0.6) is 5.75 Å². The summed E-state index contributed by atoms with van der Waals surface area (Å²) in [6.45, 7) is 0.460. The Morgan fingerprint density at radius 3 is 2.87 bits per heavy atom. The summed E-state index contributed by atoms with van der Waals surface area (Å²) in [7, 11) is 1.55. The molecule has 7 heteroatoms. The molecule has 3 N–H and O–H groups in total. The normalized spacial score (nSPS) is 11.7. The molecule has 0 aliphatic heterocycles. The van der Waals surface area contributed by atoms with Crippen LogP contribution >= 0.6 is 11.3 Å². The summed E-state index contributed by atoms with van der Waals surface area (Å²) in [4.78, 5) is 12.0. The Balaban J connectivity index is 1.91. The van der Waals surface area contributed by atoms with Crippen LogP contribution in [0.2, 0.25) is 0 Å². The van der Waals surface area contributed by atoms with Gasteiger partial charge in [0.05, 0.1) is 26.0 Å². The smallest absolute Gasteiger partial charge is 0.319 e. The minimum atomic E-state index is -0.345. The summed E-state index contributed by atoms with van der Waals surface area (Å²) in [5.41, 5.74) is 1.57. The van der Waals surface area contributed by atoms with E-state index >= 15 is 0 Å². The Hall–Kier alpha value is -2.09. The van der Waals surface area contributed by atoms with Crippen molar-refractivity contribution in [3.8, 4) is 5.75 Å². The average Bonchev–Trinajstić information content (AvgIpc) is 3.10. The van der Waals surface area contributed by atoms with Crippen molar-refractivity contribution in [3.05, 3.63) is 46.7 Å². The third-order valence-corrected chi connectivity index (χ3v) is 3.83. The van der Waals surface area contributed by atoms with E-state index in [4.69, 9.17) is 14.6 Å². The van der Waals surface area contributed by atoms with Crippen LogP contribution in [-0.4, -0.2) is 38.0 Å². The van der Waals surface area contributed by atoms with Crippen LogP contribution in [0.25, 0.3) is 0 Å². The van der Waals surface area contributed by atoms with E-state index in [1.54, 1.807) is 30.6 Å². The lowest BCUT2D eigenvalue weighted by atomic mass is 10.2. The van der Waals surface area contributed by atoms with Crippen molar-refractivity contribution in [1.29, 1.82) is 0 Å². The highest BCUT2D eigenvalue weighted by atomic mass is 32.1. The SMILES string of the molecule is COc1ccccc1NC(=O)NCC(OCCO)c1ccsc1. The number of amides is 2. The van der Waals surface area contributed by atoms with Crippen molar-refractivity contribution in [2.24, 2.45) is 0 Å². The van der Waals surface area contributed by atoms with E-state index < -0.39 is 0 Å². The zero-order chi connectivity index (χ0) is 16.5. The van der Waals surface area contributed by atoms with Crippen LogP contribution in [0.15, 0.2) is 41.1 Å².